The maximum Gasteiger partial charge on any atom is 0.387 e. The Morgan fingerprint density at radius 1 is 1.32 bits per heavy atom. The van der Waals surface area contributed by atoms with Crippen LogP contribution in [0.3, 0.4) is 0 Å². The molecule has 0 saturated carbocycles. The fourth-order valence-electron chi connectivity index (χ4n) is 2.47. The van der Waals surface area contributed by atoms with Crippen molar-refractivity contribution in [3.63, 3.8) is 0 Å². The molecule has 0 bridgehead atoms. The SMILES string of the molecule is CCCC(C)Cc1c[nH]c2ccc(OC(F)F)cc12. The third-order valence-electron chi connectivity index (χ3n) is 3.31. The number of hydrogen-bond acceptors (Lipinski definition) is 1. The third-order valence-corrected chi connectivity index (χ3v) is 3.31. The number of rotatable bonds is 6. The highest BCUT2D eigenvalue weighted by atomic mass is 19.3. The molecule has 1 N–H and O–H groups in total. The molecule has 0 aliphatic carbocycles. The van der Waals surface area contributed by atoms with Gasteiger partial charge in [-0.1, -0.05) is 26.7 Å². The van der Waals surface area contributed by atoms with Gasteiger partial charge >= 0.3 is 6.61 Å². The Balaban J connectivity index is 2.24. The van der Waals surface area contributed by atoms with Crippen LogP contribution in [-0.4, -0.2) is 11.6 Å². The van der Waals surface area contributed by atoms with Crippen molar-refractivity contribution >= 4 is 10.9 Å². The summed E-state index contributed by atoms with van der Waals surface area (Å²) in [6.45, 7) is 1.60. The zero-order chi connectivity index (χ0) is 13.8. The van der Waals surface area contributed by atoms with Gasteiger partial charge < -0.3 is 9.72 Å². The highest BCUT2D eigenvalue weighted by Gasteiger charge is 2.10. The summed E-state index contributed by atoms with van der Waals surface area (Å²) in [7, 11) is 0. The molecule has 2 aromatic rings. The Labute approximate surface area is 111 Å². The van der Waals surface area contributed by atoms with E-state index in [0.29, 0.717) is 5.92 Å². The van der Waals surface area contributed by atoms with Crippen molar-refractivity contribution in [3.8, 4) is 5.75 Å². The van der Waals surface area contributed by atoms with Crippen LogP contribution in [0.1, 0.15) is 32.3 Å². The summed E-state index contributed by atoms with van der Waals surface area (Å²) < 4.78 is 28.9. The number of aromatic nitrogens is 1. The molecule has 0 fully saturated rings. The number of aromatic amines is 1. The summed E-state index contributed by atoms with van der Waals surface area (Å²) in [5.41, 5.74) is 2.12. The molecule has 1 aromatic heterocycles. The number of halogens is 2. The minimum Gasteiger partial charge on any atom is -0.435 e. The van der Waals surface area contributed by atoms with Gasteiger partial charge in [-0.3, -0.25) is 0 Å². The molecule has 4 heteroatoms. The van der Waals surface area contributed by atoms with E-state index in [0.717, 1.165) is 29.3 Å². The molecular weight excluding hydrogens is 248 g/mol. The molecule has 1 aromatic carbocycles. The van der Waals surface area contributed by atoms with Crippen LogP contribution < -0.4 is 4.74 Å². The van der Waals surface area contributed by atoms with Gasteiger partial charge in [0.2, 0.25) is 0 Å². The van der Waals surface area contributed by atoms with Crippen molar-refractivity contribution in [1.29, 1.82) is 0 Å². The monoisotopic (exact) mass is 267 g/mol. The van der Waals surface area contributed by atoms with Crippen LogP contribution in [0.25, 0.3) is 10.9 Å². The van der Waals surface area contributed by atoms with E-state index in [2.05, 4.69) is 23.6 Å². The summed E-state index contributed by atoms with van der Waals surface area (Å²) in [6, 6.07) is 5.03. The van der Waals surface area contributed by atoms with Crippen molar-refractivity contribution in [2.24, 2.45) is 5.92 Å². The first-order valence-electron chi connectivity index (χ1n) is 6.65. The minimum absolute atomic E-state index is 0.214. The molecule has 0 radical (unpaired) electrons. The van der Waals surface area contributed by atoms with Crippen molar-refractivity contribution < 1.29 is 13.5 Å². The van der Waals surface area contributed by atoms with Crippen molar-refractivity contribution in [1.82, 2.24) is 4.98 Å². The molecule has 1 heterocycles. The Morgan fingerprint density at radius 2 is 2.11 bits per heavy atom. The number of alkyl halides is 2. The average Bonchev–Trinajstić information content (AvgIpc) is 2.71. The zero-order valence-corrected chi connectivity index (χ0v) is 11.2. The molecular formula is C15H19F2NO. The Kier molecular flexibility index (Phi) is 4.40. The quantitative estimate of drug-likeness (QED) is 0.802. The van der Waals surface area contributed by atoms with Crippen molar-refractivity contribution in [3.05, 3.63) is 30.0 Å². The molecule has 2 nitrogen and oxygen atoms in total. The van der Waals surface area contributed by atoms with Crippen molar-refractivity contribution in [2.75, 3.05) is 0 Å². The second kappa shape index (κ2) is 6.04. The molecule has 19 heavy (non-hydrogen) atoms. The van der Waals surface area contributed by atoms with Gasteiger partial charge in [0.25, 0.3) is 0 Å². The highest BCUT2D eigenvalue weighted by Crippen LogP contribution is 2.27. The highest BCUT2D eigenvalue weighted by molar-refractivity contribution is 5.84. The Morgan fingerprint density at radius 3 is 2.79 bits per heavy atom. The minimum atomic E-state index is -2.78. The predicted molar refractivity (Wildman–Crippen MR) is 72.7 cm³/mol. The summed E-state index contributed by atoms with van der Waals surface area (Å²) in [5, 5.41) is 0.973. The molecule has 0 aliphatic heterocycles. The van der Waals surface area contributed by atoms with Gasteiger partial charge in [0.05, 0.1) is 0 Å². The van der Waals surface area contributed by atoms with E-state index in [9.17, 15) is 8.78 Å². The van der Waals surface area contributed by atoms with Crippen LogP contribution in [0.5, 0.6) is 5.75 Å². The van der Waals surface area contributed by atoms with E-state index < -0.39 is 6.61 Å². The standard InChI is InChI=1S/C15H19F2NO/c1-3-4-10(2)7-11-9-18-14-6-5-12(8-13(11)14)19-15(16)17/h5-6,8-10,15,18H,3-4,7H2,1-2H3. The number of fused-ring (bicyclic) bond motifs is 1. The number of ether oxygens (including phenoxy) is 1. The largest absolute Gasteiger partial charge is 0.435 e. The van der Waals surface area contributed by atoms with E-state index in [1.54, 1.807) is 18.2 Å². The predicted octanol–water partition coefficient (Wildman–Crippen LogP) is 4.75. The first-order chi connectivity index (χ1) is 9.10. The number of hydrogen-bond donors (Lipinski definition) is 1. The molecule has 0 saturated heterocycles. The van der Waals surface area contributed by atoms with E-state index >= 15 is 0 Å². The van der Waals surface area contributed by atoms with Gasteiger partial charge in [0.1, 0.15) is 5.75 Å². The maximum absolute atomic E-state index is 12.2. The Hall–Kier alpha value is -1.58. The lowest BCUT2D eigenvalue weighted by Crippen LogP contribution is -2.02. The van der Waals surface area contributed by atoms with Crippen LogP contribution >= 0.6 is 0 Å². The van der Waals surface area contributed by atoms with Gasteiger partial charge in [-0.15, -0.1) is 0 Å². The molecule has 104 valence electrons. The lowest BCUT2D eigenvalue weighted by atomic mass is 9.97. The summed E-state index contributed by atoms with van der Waals surface area (Å²) in [5.74, 6) is 0.801. The zero-order valence-electron chi connectivity index (χ0n) is 11.2. The molecule has 0 spiro atoms. The maximum atomic E-state index is 12.2. The van der Waals surface area contributed by atoms with E-state index in [1.807, 2.05) is 6.20 Å². The summed E-state index contributed by atoms with van der Waals surface area (Å²) in [6.07, 6.45) is 5.23. The summed E-state index contributed by atoms with van der Waals surface area (Å²) >= 11 is 0. The van der Waals surface area contributed by atoms with Gasteiger partial charge in [-0.25, -0.2) is 0 Å². The molecule has 1 atom stereocenters. The van der Waals surface area contributed by atoms with Crippen LogP contribution in [0, 0.1) is 5.92 Å². The first kappa shape index (κ1) is 13.8. The van der Waals surface area contributed by atoms with Crippen LogP contribution in [-0.2, 0) is 6.42 Å². The molecule has 0 amide bonds. The first-order valence-corrected chi connectivity index (χ1v) is 6.65. The third kappa shape index (κ3) is 3.46. The molecule has 0 aliphatic rings. The summed E-state index contributed by atoms with van der Waals surface area (Å²) in [4.78, 5) is 3.17. The van der Waals surface area contributed by atoms with E-state index in [1.165, 1.54) is 6.42 Å². The van der Waals surface area contributed by atoms with Crippen LogP contribution in [0.15, 0.2) is 24.4 Å². The van der Waals surface area contributed by atoms with Gasteiger partial charge in [-0.05, 0) is 36.1 Å². The second-order valence-corrected chi connectivity index (χ2v) is 5.00. The van der Waals surface area contributed by atoms with Crippen LogP contribution in [0.4, 0.5) is 8.78 Å². The van der Waals surface area contributed by atoms with E-state index in [-0.39, 0.29) is 5.75 Å². The topological polar surface area (TPSA) is 25.0 Å². The Bertz CT molecular complexity index is 536. The van der Waals surface area contributed by atoms with Gasteiger partial charge in [-0.2, -0.15) is 8.78 Å². The smallest absolute Gasteiger partial charge is 0.387 e. The van der Waals surface area contributed by atoms with Crippen LogP contribution in [0.2, 0.25) is 0 Å². The fourth-order valence-corrected chi connectivity index (χ4v) is 2.47. The van der Waals surface area contributed by atoms with Gasteiger partial charge in [0, 0.05) is 17.1 Å². The average molecular weight is 267 g/mol. The van der Waals surface area contributed by atoms with E-state index in [4.69, 9.17) is 0 Å². The second-order valence-electron chi connectivity index (χ2n) is 5.00. The lowest BCUT2D eigenvalue weighted by molar-refractivity contribution is -0.0497. The number of benzene rings is 1. The fraction of sp³-hybridized carbons (Fsp3) is 0.467. The number of nitrogens with one attached hydrogen (secondary N) is 1. The van der Waals surface area contributed by atoms with Crippen molar-refractivity contribution in [2.45, 2.75) is 39.7 Å². The normalized spacial score (nSPS) is 13.1. The molecule has 1 unspecified atom stereocenters. The molecule has 2 rings (SSSR count). The van der Waals surface area contributed by atoms with Gasteiger partial charge in [0.15, 0.2) is 0 Å². The lowest BCUT2D eigenvalue weighted by Gasteiger charge is -2.09. The number of H-pyrrole nitrogens is 1.